The van der Waals surface area contributed by atoms with Crippen LogP contribution in [0, 0.1) is 17.0 Å². The first-order chi connectivity index (χ1) is 9.08. The Morgan fingerprint density at radius 2 is 2.00 bits per heavy atom. The Bertz CT molecular complexity index is 496. The van der Waals surface area contributed by atoms with E-state index in [0.29, 0.717) is 0 Å². The maximum absolute atomic E-state index is 12.1. The molecule has 0 unspecified atom stereocenters. The van der Waals surface area contributed by atoms with Crippen LogP contribution in [0.1, 0.15) is 35.2 Å². The molecule has 0 aliphatic carbocycles. The molecule has 1 aliphatic heterocycles. The van der Waals surface area contributed by atoms with Crippen molar-refractivity contribution < 1.29 is 9.72 Å². The number of nitro benzene ring substituents is 1. The fraction of sp³-hybridized carbons (Fsp3) is 0.462. The first-order valence-electron chi connectivity index (χ1n) is 6.39. The van der Waals surface area contributed by atoms with Gasteiger partial charge in [-0.2, -0.15) is 0 Å². The van der Waals surface area contributed by atoms with Gasteiger partial charge in [-0.15, -0.1) is 0 Å². The predicted octanol–water partition coefficient (Wildman–Crippen LogP) is 2.03. The SMILES string of the molecule is Cc1ccc([N+](=O)[O-])c(C(=O)NN2CCCCC2)c1. The van der Waals surface area contributed by atoms with Gasteiger partial charge in [0.2, 0.25) is 0 Å². The standard InChI is InChI=1S/C13H17N3O3/c1-10-5-6-12(16(18)19)11(9-10)13(17)14-15-7-3-2-4-8-15/h5-6,9H,2-4,7-8H2,1H3,(H,14,17). The molecule has 1 heterocycles. The van der Waals surface area contributed by atoms with Crippen LogP contribution in [0.25, 0.3) is 0 Å². The first kappa shape index (κ1) is 13.5. The number of hydrogen-bond donors (Lipinski definition) is 1. The van der Waals surface area contributed by atoms with Crippen LogP contribution in [-0.4, -0.2) is 28.9 Å². The fourth-order valence-corrected chi connectivity index (χ4v) is 2.20. The number of nitrogens with zero attached hydrogens (tertiary/aromatic N) is 2. The molecular formula is C13H17N3O3. The summed E-state index contributed by atoms with van der Waals surface area (Å²) in [6.07, 6.45) is 3.24. The second-order valence-electron chi connectivity index (χ2n) is 4.77. The molecule has 19 heavy (non-hydrogen) atoms. The van der Waals surface area contributed by atoms with Gasteiger partial charge in [0.1, 0.15) is 5.56 Å². The summed E-state index contributed by atoms with van der Waals surface area (Å²) in [5, 5.41) is 12.8. The van der Waals surface area contributed by atoms with E-state index in [1.54, 1.807) is 19.1 Å². The van der Waals surface area contributed by atoms with Gasteiger partial charge in [0, 0.05) is 19.2 Å². The third-order valence-corrected chi connectivity index (χ3v) is 3.21. The molecule has 0 aromatic heterocycles. The van der Waals surface area contributed by atoms with Crippen molar-refractivity contribution in [1.82, 2.24) is 10.4 Å². The van der Waals surface area contributed by atoms with Gasteiger partial charge in [-0.1, -0.05) is 12.5 Å². The lowest BCUT2D eigenvalue weighted by Crippen LogP contribution is -2.45. The molecule has 1 fully saturated rings. The molecule has 1 saturated heterocycles. The van der Waals surface area contributed by atoms with Gasteiger partial charge < -0.3 is 0 Å². The van der Waals surface area contributed by atoms with E-state index in [1.807, 2.05) is 5.01 Å². The van der Waals surface area contributed by atoms with Crippen LogP contribution in [-0.2, 0) is 0 Å². The lowest BCUT2D eigenvalue weighted by atomic mass is 10.1. The van der Waals surface area contributed by atoms with Crippen molar-refractivity contribution in [3.63, 3.8) is 0 Å². The molecule has 6 heteroatoms. The average molecular weight is 263 g/mol. The largest absolute Gasteiger partial charge is 0.285 e. The van der Waals surface area contributed by atoms with Crippen LogP contribution < -0.4 is 5.43 Å². The minimum absolute atomic E-state index is 0.121. The molecule has 0 bridgehead atoms. The van der Waals surface area contributed by atoms with Gasteiger partial charge in [0.25, 0.3) is 11.6 Å². The Kier molecular flexibility index (Phi) is 4.11. The Balaban J connectivity index is 2.17. The Morgan fingerprint density at radius 3 is 2.63 bits per heavy atom. The van der Waals surface area contributed by atoms with Crippen LogP contribution in [0.15, 0.2) is 18.2 Å². The van der Waals surface area contributed by atoms with Gasteiger partial charge in [-0.3, -0.25) is 20.3 Å². The topological polar surface area (TPSA) is 75.5 Å². The van der Waals surface area contributed by atoms with E-state index in [9.17, 15) is 14.9 Å². The van der Waals surface area contributed by atoms with Crippen molar-refractivity contribution in [3.05, 3.63) is 39.4 Å². The zero-order chi connectivity index (χ0) is 13.8. The van der Waals surface area contributed by atoms with E-state index >= 15 is 0 Å². The second-order valence-corrected chi connectivity index (χ2v) is 4.77. The fourth-order valence-electron chi connectivity index (χ4n) is 2.20. The first-order valence-corrected chi connectivity index (χ1v) is 6.39. The molecule has 1 N–H and O–H groups in total. The molecule has 102 valence electrons. The van der Waals surface area contributed by atoms with Crippen molar-refractivity contribution in [2.45, 2.75) is 26.2 Å². The van der Waals surface area contributed by atoms with E-state index in [-0.39, 0.29) is 11.3 Å². The average Bonchev–Trinajstić information content (AvgIpc) is 2.39. The highest BCUT2D eigenvalue weighted by Crippen LogP contribution is 2.20. The number of carbonyl (C=O) groups excluding carboxylic acids is 1. The van der Waals surface area contributed by atoms with Crippen molar-refractivity contribution in [2.75, 3.05) is 13.1 Å². The van der Waals surface area contributed by atoms with Gasteiger partial charge >= 0.3 is 0 Å². The number of nitro groups is 1. The van der Waals surface area contributed by atoms with E-state index in [0.717, 1.165) is 37.9 Å². The summed E-state index contributed by atoms with van der Waals surface area (Å²) in [4.78, 5) is 22.6. The number of carbonyl (C=O) groups is 1. The van der Waals surface area contributed by atoms with Gasteiger partial charge in [0.05, 0.1) is 4.92 Å². The third-order valence-electron chi connectivity index (χ3n) is 3.21. The van der Waals surface area contributed by atoms with Crippen LogP contribution in [0.3, 0.4) is 0 Å². The van der Waals surface area contributed by atoms with Crippen molar-refractivity contribution >= 4 is 11.6 Å². The van der Waals surface area contributed by atoms with Gasteiger partial charge in [0.15, 0.2) is 0 Å². The van der Waals surface area contributed by atoms with Gasteiger partial charge in [-0.05, 0) is 31.4 Å². The molecule has 1 aromatic rings. The van der Waals surface area contributed by atoms with Crippen molar-refractivity contribution in [1.29, 1.82) is 0 Å². The lowest BCUT2D eigenvalue weighted by Gasteiger charge is -2.26. The summed E-state index contributed by atoms with van der Waals surface area (Å²) in [5.41, 5.74) is 3.54. The van der Waals surface area contributed by atoms with E-state index in [2.05, 4.69) is 5.43 Å². The molecule has 0 atom stereocenters. The molecular weight excluding hydrogens is 246 g/mol. The number of amides is 1. The summed E-state index contributed by atoms with van der Waals surface area (Å²) in [5.74, 6) is -0.405. The minimum atomic E-state index is -0.523. The number of piperidine rings is 1. The Hall–Kier alpha value is -1.95. The Labute approximate surface area is 111 Å². The molecule has 0 saturated carbocycles. The van der Waals surface area contributed by atoms with Crippen LogP contribution in [0.2, 0.25) is 0 Å². The number of aryl methyl sites for hydroxylation is 1. The zero-order valence-corrected chi connectivity index (χ0v) is 10.9. The molecule has 1 aromatic carbocycles. The van der Waals surface area contributed by atoms with Crippen LogP contribution in [0.5, 0.6) is 0 Å². The quantitative estimate of drug-likeness (QED) is 0.668. The maximum atomic E-state index is 12.1. The molecule has 1 aliphatic rings. The maximum Gasteiger partial charge on any atom is 0.282 e. The van der Waals surface area contributed by atoms with E-state index in [4.69, 9.17) is 0 Å². The van der Waals surface area contributed by atoms with Crippen LogP contribution >= 0.6 is 0 Å². The van der Waals surface area contributed by atoms with E-state index < -0.39 is 10.8 Å². The number of hydrogen-bond acceptors (Lipinski definition) is 4. The normalized spacial score (nSPS) is 16.1. The number of rotatable bonds is 3. The second kappa shape index (κ2) is 5.79. The van der Waals surface area contributed by atoms with Crippen molar-refractivity contribution in [3.8, 4) is 0 Å². The zero-order valence-electron chi connectivity index (χ0n) is 10.9. The summed E-state index contributed by atoms with van der Waals surface area (Å²) in [7, 11) is 0. The summed E-state index contributed by atoms with van der Waals surface area (Å²) in [6, 6.07) is 4.56. The number of benzene rings is 1. The summed E-state index contributed by atoms with van der Waals surface area (Å²) >= 11 is 0. The van der Waals surface area contributed by atoms with Gasteiger partial charge in [-0.25, -0.2) is 5.01 Å². The smallest absolute Gasteiger partial charge is 0.282 e. The minimum Gasteiger partial charge on any atom is -0.285 e. The summed E-state index contributed by atoms with van der Waals surface area (Å²) in [6.45, 7) is 3.40. The molecule has 0 spiro atoms. The third kappa shape index (κ3) is 3.29. The number of hydrazine groups is 1. The highest BCUT2D eigenvalue weighted by Gasteiger charge is 2.22. The van der Waals surface area contributed by atoms with E-state index in [1.165, 1.54) is 6.07 Å². The highest BCUT2D eigenvalue weighted by atomic mass is 16.6. The van der Waals surface area contributed by atoms with Crippen LogP contribution in [0.4, 0.5) is 5.69 Å². The monoisotopic (exact) mass is 263 g/mol. The van der Waals surface area contributed by atoms with Crippen molar-refractivity contribution in [2.24, 2.45) is 0 Å². The lowest BCUT2D eigenvalue weighted by molar-refractivity contribution is -0.385. The Morgan fingerprint density at radius 1 is 1.32 bits per heavy atom. The molecule has 2 rings (SSSR count). The molecule has 1 amide bonds. The number of nitrogens with one attached hydrogen (secondary N) is 1. The predicted molar refractivity (Wildman–Crippen MR) is 70.7 cm³/mol. The highest BCUT2D eigenvalue weighted by molar-refractivity contribution is 5.98. The molecule has 0 radical (unpaired) electrons. The molecule has 6 nitrogen and oxygen atoms in total. The summed E-state index contributed by atoms with van der Waals surface area (Å²) < 4.78 is 0.